The van der Waals surface area contributed by atoms with Crippen LogP contribution in [0.15, 0.2) is 24.3 Å². The van der Waals surface area contributed by atoms with E-state index in [-0.39, 0.29) is 24.3 Å². The quantitative estimate of drug-likeness (QED) is 0.0236. The minimum absolute atomic E-state index is 0.0356. The minimum Gasteiger partial charge on any atom is -0.481 e. The van der Waals surface area contributed by atoms with Crippen LogP contribution in [0.2, 0.25) is 0 Å². The molecule has 2 rings (SSSR count). The number of aliphatic carboxylic acids is 3. The predicted octanol–water partition coefficient (Wildman–Crippen LogP) is 10.7. The van der Waals surface area contributed by atoms with Gasteiger partial charge in [0.15, 0.2) is 12.4 Å². The number of unbranched alkanes of at least 4 members (excludes halogenated alkanes) is 24. The van der Waals surface area contributed by atoms with Crippen LogP contribution in [0.25, 0.3) is 0 Å². The predicted molar refractivity (Wildman–Crippen MR) is 296 cm³/mol. The highest BCUT2D eigenvalue weighted by Crippen LogP contribution is 2.29. The van der Waals surface area contributed by atoms with E-state index in [9.17, 15) is 58.8 Å². The first-order valence-electron chi connectivity index (χ1n) is 29.6. The number of carboxylic acid groups (broad SMARTS) is 3. The molecule has 1 fully saturated rings. The summed E-state index contributed by atoms with van der Waals surface area (Å²) in [5.41, 5.74) is 0.528. The van der Waals surface area contributed by atoms with Crippen molar-refractivity contribution in [2.45, 2.75) is 282 Å². The number of ether oxygens (including phenoxy) is 4. The van der Waals surface area contributed by atoms with E-state index in [1.165, 1.54) is 88.5 Å². The molecular formula is C59H97N3O16. The van der Waals surface area contributed by atoms with Gasteiger partial charge in [-0.2, -0.15) is 0 Å². The SMILES string of the molecule is CCCCCCCCCCCCCC(=O)N[C@H]1[C@H](OC(CC(=O)O)CC(=O)O)O[C@H](COC(=O)[C@@H](CCC(=O)O)NC(=O)c2ccc(NC(=O)CCCCCCC)cc2)[C@@H](O)[C@@H]1OC(=O)CCCCCCCCCCCCC. The van der Waals surface area contributed by atoms with E-state index in [0.29, 0.717) is 24.9 Å². The third-order valence-corrected chi connectivity index (χ3v) is 14.0. The lowest BCUT2D eigenvalue weighted by atomic mass is 9.95. The summed E-state index contributed by atoms with van der Waals surface area (Å²) in [4.78, 5) is 103. The summed E-state index contributed by atoms with van der Waals surface area (Å²) in [5.74, 6) is -7.40. The molecule has 1 heterocycles. The number of aliphatic hydroxyl groups is 1. The molecule has 0 unspecified atom stereocenters. The zero-order valence-corrected chi connectivity index (χ0v) is 47.3. The molecule has 1 saturated heterocycles. The number of benzene rings is 1. The van der Waals surface area contributed by atoms with Gasteiger partial charge in [-0.1, -0.05) is 175 Å². The molecule has 0 bridgehead atoms. The smallest absolute Gasteiger partial charge is 0.328 e. The van der Waals surface area contributed by atoms with Crippen LogP contribution in [0.4, 0.5) is 5.69 Å². The lowest BCUT2D eigenvalue weighted by Gasteiger charge is -2.44. The molecule has 19 heteroatoms. The maximum atomic E-state index is 13.8. The number of hydrogen-bond acceptors (Lipinski definition) is 13. The fraction of sp³-hybridized carbons (Fsp3) is 0.763. The maximum absolute atomic E-state index is 13.8. The van der Waals surface area contributed by atoms with Crippen molar-refractivity contribution in [3.05, 3.63) is 29.8 Å². The second-order valence-corrected chi connectivity index (χ2v) is 21.0. The number of aliphatic hydroxyl groups excluding tert-OH is 1. The van der Waals surface area contributed by atoms with Crippen molar-refractivity contribution in [3.63, 3.8) is 0 Å². The Morgan fingerprint density at radius 3 is 1.47 bits per heavy atom. The standard InChI is InChI=1S/C59H97N3O16/c1-4-7-10-13-15-17-19-21-23-26-29-32-49(64)62-54-56(78-53(71)33-30-27-24-22-20-18-16-14-11-8-5-2)55(72)47(77-59(54)76-45(40-51(67)68)41-52(69)70)42-75-58(74)46(38-39-50(65)66)61-57(73)43-34-36-44(37-35-43)60-48(63)31-28-25-12-9-6-3/h34-37,45-47,54-56,59,72H,4-33,38-42H2,1-3H3,(H,60,63)(H,61,73)(H,62,64)(H,65,66)(H,67,68)(H,69,70)/t46-,47-,54-,55-,56-,59-/m1/s1. The van der Waals surface area contributed by atoms with Crippen molar-refractivity contribution in [1.82, 2.24) is 10.6 Å². The summed E-state index contributed by atoms with van der Waals surface area (Å²) in [6, 6.07) is 2.85. The number of anilines is 1. The van der Waals surface area contributed by atoms with E-state index in [0.717, 1.165) is 96.3 Å². The molecule has 444 valence electrons. The summed E-state index contributed by atoms with van der Waals surface area (Å²) in [5, 5.41) is 48.9. The van der Waals surface area contributed by atoms with E-state index in [1.807, 2.05) is 0 Å². The molecule has 1 aromatic carbocycles. The van der Waals surface area contributed by atoms with Crippen LogP contribution in [-0.4, -0.2) is 117 Å². The Hall–Kier alpha value is -5.14. The van der Waals surface area contributed by atoms with Gasteiger partial charge in [0.2, 0.25) is 11.8 Å². The minimum atomic E-state index is -1.82. The van der Waals surface area contributed by atoms with Crippen LogP contribution >= 0.6 is 0 Å². The van der Waals surface area contributed by atoms with Gasteiger partial charge in [-0.25, -0.2) is 4.79 Å². The molecule has 1 aromatic rings. The highest BCUT2D eigenvalue weighted by Gasteiger charge is 2.50. The summed E-state index contributed by atoms with van der Waals surface area (Å²) < 4.78 is 23.6. The van der Waals surface area contributed by atoms with Gasteiger partial charge in [0, 0.05) is 36.9 Å². The van der Waals surface area contributed by atoms with Gasteiger partial charge in [0.25, 0.3) is 5.91 Å². The monoisotopic (exact) mass is 1100 g/mol. The summed E-state index contributed by atoms with van der Waals surface area (Å²) >= 11 is 0. The zero-order valence-electron chi connectivity index (χ0n) is 47.3. The highest BCUT2D eigenvalue weighted by atomic mass is 16.7. The molecule has 0 aromatic heterocycles. The fourth-order valence-electron chi connectivity index (χ4n) is 9.40. The van der Waals surface area contributed by atoms with Crippen LogP contribution in [0.1, 0.15) is 249 Å². The molecule has 0 aliphatic carbocycles. The Balaban J connectivity index is 2.31. The molecule has 3 amide bonds. The van der Waals surface area contributed by atoms with Gasteiger partial charge in [0.1, 0.15) is 30.9 Å². The molecule has 0 radical (unpaired) electrons. The van der Waals surface area contributed by atoms with E-state index in [2.05, 4.69) is 36.7 Å². The average Bonchev–Trinajstić information content (AvgIpc) is 3.39. The first-order chi connectivity index (χ1) is 37.6. The van der Waals surface area contributed by atoms with Crippen molar-refractivity contribution >= 4 is 53.3 Å². The first-order valence-corrected chi connectivity index (χ1v) is 29.6. The van der Waals surface area contributed by atoms with Crippen molar-refractivity contribution in [3.8, 4) is 0 Å². The summed E-state index contributed by atoms with van der Waals surface area (Å²) in [7, 11) is 0. The third-order valence-electron chi connectivity index (χ3n) is 14.0. The van der Waals surface area contributed by atoms with Gasteiger partial charge in [0.05, 0.1) is 18.9 Å². The van der Waals surface area contributed by atoms with Crippen LogP contribution < -0.4 is 16.0 Å². The topological polar surface area (TPSA) is 290 Å². The van der Waals surface area contributed by atoms with Crippen LogP contribution in [-0.2, 0) is 52.5 Å². The van der Waals surface area contributed by atoms with Gasteiger partial charge < -0.3 is 55.3 Å². The van der Waals surface area contributed by atoms with E-state index >= 15 is 0 Å². The fourth-order valence-corrected chi connectivity index (χ4v) is 9.40. The van der Waals surface area contributed by atoms with Gasteiger partial charge >= 0.3 is 29.8 Å². The van der Waals surface area contributed by atoms with Crippen molar-refractivity contribution < 1.29 is 77.7 Å². The molecule has 19 nitrogen and oxygen atoms in total. The maximum Gasteiger partial charge on any atom is 0.328 e. The number of rotatable bonds is 47. The lowest BCUT2D eigenvalue weighted by molar-refractivity contribution is -0.286. The molecule has 78 heavy (non-hydrogen) atoms. The van der Waals surface area contributed by atoms with E-state index in [1.54, 1.807) is 0 Å². The van der Waals surface area contributed by atoms with Crippen LogP contribution in [0, 0.1) is 0 Å². The molecule has 7 N–H and O–H groups in total. The molecule has 1 aliphatic heterocycles. The lowest BCUT2D eigenvalue weighted by Crippen LogP contribution is -2.66. The van der Waals surface area contributed by atoms with Crippen molar-refractivity contribution in [2.75, 3.05) is 11.9 Å². The van der Waals surface area contributed by atoms with Gasteiger partial charge in [-0.15, -0.1) is 0 Å². The molecule has 1 aliphatic rings. The number of carbonyl (C=O) groups excluding carboxylic acids is 5. The van der Waals surface area contributed by atoms with E-state index in [4.69, 9.17) is 18.9 Å². The molecule has 0 saturated carbocycles. The third kappa shape index (κ3) is 32.1. The Morgan fingerprint density at radius 1 is 0.564 bits per heavy atom. The molecule has 6 atom stereocenters. The second-order valence-electron chi connectivity index (χ2n) is 21.0. The Labute approximate surface area is 463 Å². The highest BCUT2D eigenvalue weighted by molar-refractivity contribution is 5.98. The normalized spacial score (nSPS) is 17.5. The Kier molecular flexibility index (Phi) is 37.8. The number of carboxylic acids is 3. The molecular weight excluding hydrogens is 1010 g/mol. The summed E-state index contributed by atoms with van der Waals surface area (Å²) in [6.45, 7) is 5.68. The summed E-state index contributed by atoms with van der Waals surface area (Å²) in [6.07, 6.45) is 17.3. The number of carbonyl (C=O) groups is 8. The number of nitrogens with one attached hydrogen (secondary N) is 3. The second kappa shape index (κ2) is 42.8. The average molecular weight is 1100 g/mol. The largest absolute Gasteiger partial charge is 0.481 e. The molecule has 0 spiro atoms. The van der Waals surface area contributed by atoms with Gasteiger partial charge in [-0.3, -0.25) is 33.6 Å². The van der Waals surface area contributed by atoms with Crippen molar-refractivity contribution in [1.29, 1.82) is 0 Å². The first kappa shape index (κ1) is 69.0. The number of hydrogen-bond donors (Lipinski definition) is 7. The van der Waals surface area contributed by atoms with Crippen LogP contribution in [0.3, 0.4) is 0 Å². The Morgan fingerprint density at radius 2 is 1.01 bits per heavy atom. The van der Waals surface area contributed by atoms with E-state index < -0.39 is 117 Å². The van der Waals surface area contributed by atoms with Crippen LogP contribution in [0.5, 0.6) is 0 Å². The number of esters is 2. The zero-order chi connectivity index (χ0) is 57.3. The van der Waals surface area contributed by atoms with Crippen molar-refractivity contribution in [2.24, 2.45) is 0 Å². The Bertz CT molecular complexity index is 1870. The van der Waals surface area contributed by atoms with Gasteiger partial charge in [-0.05, 0) is 49.9 Å². The number of amides is 3.